The monoisotopic (exact) mass is 274 g/mol. The first-order chi connectivity index (χ1) is 8.14. The van der Waals surface area contributed by atoms with Gasteiger partial charge in [-0.2, -0.15) is 13.2 Å². The van der Waals surface area contributed by atoms with Crippen molar-refractivity contribution in [2.75, 3.05) is 0 Å². The summed E-state index contributed by atoms with van der Waals surface area (Å²) in [5.41, 5.74) is -2.89. The van der Waals surface area contributed by atoms with Crippen LogP contribution in [-0.4, -0.2) is 12.1 Å². The molecule has 1 unspecified atom stereocenters. The van der Waals surface area contributed by atoms with E-state index in [2.05, 4.69) is 0 Å². The van der Waals surface area contributed by atoms with Crippen LogP contribution in [0.2, 0.25) is 0 Å². The molecule has 0 bridgehead atoms. The van der Waals surface area contributed by atoms with Crippen LogP contribution < -0.4 is 0 Å². The van der Waals surface area contributed by atoms with Crippen LogP contribution in [0.15, 0.2) is 0 Å². The van der Waals surface area contributed by atoms with Crippen LogP contribution >= 0.6 is 0 Å². The lowest BCUT2D eigenvalue weighted by Crippen LogP contribution is -2.55. The van der Waals surface area contributed by atoms with Crippen molar-refractivity contribution in [3.63, 3.8) is 0 Å². The largest absolute Gasteiger partial charge is 0.400 e. The van der Waals surface area contributed by atoms with Gasteiger partial charge in [0.2, 0.25) is 0 Å². The minimum absolute atomic E-state index is 0.0681. The number of hydrogen-bond acceptors (Lipinski definition) is 0. The average Bonchev–Trinajstić information content (AvgIpc) is 2.25. The molecule has 0 heterocycles. The molecule has 0 aromatic carbocycles. The minimum atomic E-state index is -4.87. The van der Waals surface area contributed by atoms with Crippen molar-refractivity contribution >= 4 is 0 Å². The van der Waals surface area contributed by atoms with Crippen LogP contribution in [0.3, 0.4) is 0 Å². The zero-order valence-corrected chi connectivity index (χ0v) is 11.5. The van der Waals surface area contributed by atoms with Crippen LogP contribution in [0, 0.1) is 11.3 Å². The molecule has 18 heavy (non-hydrogen) atoms. The summed E-state index contributed by atoms with van der Waals surface area (Å²) in [4.78, 5) is 0. The topological polar surface area (TPSA) is 0 Å². The molecule has 0 saturated heterocycles. The van der Waals surface area contributed by atoms with Gasteiger partial charge in [0.1, 0.15) is 5.41 Å². The molecule has 0 aliphatic rings. The highest BCUT2D eigenvalue weighted by molar-refractivity contribution is 4.99. The molecule has 0 aromatic heterocycles. The lowest BCUT2D eigenvalue weighted by atomic mass is 9.69. The Balaban J connectivity index is 5.58. The molecular formula is C13H23F5. The molecule has 1 atom stereocenters. The van der Waals surface area contributed by atoms with Crippen molar-refractivity contribution in [2.24, 2.45) is 11.3 Å². The summed E-state index contributed by atoms with van der Waals surface area (Å²) in [5.74, 6) is -4.91. The van der Waals surface area contributed by atoms with Crippen molar-refractivity contribution in [3.8, 4) is 0 Å². The first-order valence-electron chi connectivity index (χ1n) is 6.59. The Morgan fingerprint density at radius 2 is 1.28 bits per heavy atom. The lowest BCUT2D eigenvalue weighted by molar-refractivity contribution is -0.317. The van der Waals surface area contributed by atoms with Gasteiger partial charge in [-0.1, -0.05) is 34.1 Å². The summed E-state index contributed by atoms with van der Waals surface area (Å²) in [6.07, 6.45) is -5.38. The molecule has 0 rings (SSSR count). The highest BCUT2D eigenvalue weighted by atomic mass is 19.4. The number of halogens is 5. The van der Waals surface area contributed by atoms with Crippen molar-refractivity contribution in [1.82, 2.24) is 0 Å². The molecule has 0 aromatic rings. The van der Waals surface area contributed by atoms with Crippen LogP contribution in [0.1, 0.15) is 59.8 Å². The van der Waals surface area contributed by atoms with Crippen LogP contribution in [-0.2, 0) is 0 Å². The third kappa shape index (κ3) is 2.80. The summed E-state index contributed by atoms with van der Waals surface area (Å²) in [7, 11) is 0. The van der Waals surface area contributed by atoms with Crippen LogP contribution in [0.5, 0.6) is 0 Å². The summed E-state index contributed by atoms with van der Waals surface area (Å²) in [5, 5.41) is 0. The molecule has 0 nitrogen and oxygen atoms in total. The fraction of sp³-hybridized carbons (Fsp3) is 1.00. The summed E-state index contributed by atoms with van der Waals surface area (Å²) in [6.45, 7) is 5.64. The zero-order chi connectivity index (χ0) is 14.6. The van der Waals surface area contributed by atoms with Gasteiger partial charge in [0, 0.05) is 5.92 Å². The van der Waals surface area contributed by atoms with E-state index in [9.17, 15) is 22.0 Å². The van der Waals surface area contributed by atoms with E-state index in [0.29, 0.717) is 6.42 Å². The van der Waals surface area contributed by atoms with E-state index in [1.54, 1.807) is 6.92 Å². The van der Waals surface area contributed by atoms with E-state index in [0.717, 1.165) is 0 Å². The van der Waals surface area contributed by atoms with E-state index in [4.69, 9.17) is 0 Å². The number of rotatable bonds is 7. The minimum Gasteiger partial charge on any atom is -0.206 e. The van der Waals surface area contributed by atoms with Gasteiger partial charge in [-0.3, -0.25) is 0 Å². The van der Waals surface area contributed by atoms with E-state index >= 15 is 0 Å². The normalized spacial score (nSPS) is 15.8. The van der Waals surface area contributed by atoms with Crippen molar-refractivity contribution in [2.45, 2.75) is 71.9 Å². The highest BCUT2D eigenvalue weighted by Crippen LogP contribution is 2.57. The highest BCUT2D eigenvalue weighted by Gasteiger charge is 2.68. The Hall–Kier alpha value is -0.350. The standard InChI is InChI=1S/C13H23F5/c1-5-9-10(6-2)12(14,15)11(7-3,8-4)13(16,17)18/h10H,5-9H2,1-4H3. The maximum Gasteiger partial charge on any atom is 0.400 e. The molecule has 0 radical (unpaired) electrons. The average molecular weight is 274 g/mol. The Morgan fingerprint density at radius 3 is 1.50 bits per heavy atom. The van der Waals surface area contributed by atoms with Crippen molar-refractivity contribution in [3.05, 3.63) is 0 Å². The first kappa shape index (κ1) is 17.6. The Morgan fingerprint density at radius 1 is 0.833 bits per heavy atom. The molecule has 0 amide bonds. The summed E-state index contributed by atoms with van der Waals surface area (Å²) < 4.78 is 68.1. The number of hydrogen-bond donors (Lipinski definition) is 0. The predicted octanol–water partition coefficient (Wildman–Crippen LogP) is 5.82. The second-order valence-electron chi connectivity index (χ2n) is 4.80. The van der Waals surface area contributed by atoms with E-state index in [1.165, 1.54) is 20.8 Å². The van der Waals surface area contributed by atoms with Crippen molar-refractivity contribution in [1.29, 1.82) is 0 Å². The molecule has 0 aliphatic carbocycles. The van der Waals surface area contributed by atoms with Gasteiger partial charge in [0.05, 0.1) is 0 Å². The molecule has 0 spiro atoms. The second kappa shape index (κ2) is 6.20. The van der Waals surface area contributed by atoms with Crippen LogP contribution in [0.4, 0.5) is 22.0 Å². The summed E-state index contributed by atoms with van der Waals surface area (Å²) in [6, 6.07) is 0. The smallest absolute Gasteiger partial charge is 0.206 e. The Kier molecular flexibility index (Phi) is 6.08. The fourth-order valence-electron chi connectivity index (χ4n) is 2.69. The number of alkyl halides is 5. The van der Waals surface area contributed by atoms with E-state index in [1.807, 2.05) is 0 Å². The zero-order valence-electron chi connectivity index (χ0n) is 11.5. The van der Waals surface area contributed by atoms with Gasteiger partial charge in [0.25, 0.3) is 5.92 Å². The van der Waals surface area contributed by atoms with E-state index in [-0.39, 0.29) is 12.8 Å². The molecule has 5 heteroatoms. The van der Waals surface area contributed by atoms with Gasteiger partial charge in [0.15, 0.2) is 0 Å². The van der Waals surface area contributed by atoms with Gasteiger partial charge in [-0.05, 0) is 25.7 Å². The van der Waals surface area contributed by atoms with Crippen LogP contribution in [0.25, 0.3) is 0 Å². The Bertz CT molecular complexity index is 240. The first-order valence-corrected chi connectivity index (χ1v) is 6.59. The lowest BCUT2D eigenvalue weighted by Gasteiger charge is -2.44. The SMILES string of the molecule is CCCC(CC)C(F)(F)C(CC)(CC)C(F)(F)F. The molecule has 0 aliphatic heterocycles. The van der Waals surface area contributed by atoms with Crippen molar-refractivity contribution < 1.29 is 22.0 Å². The molecule has 0 N–H and O–H groups in total. The third-order valence-corrected chi connectivity index (χ3v) is 4.03. The van der Waals surface area contributed by atoms with Gasteiger partial charge < -0.3 is 0 Å². The molecular weight excluding hydrogens is 251 g/mol. The van der Waals surface area contributed by atoms with Gasteiger partial charge in [-0.25, -0.2) is 8.78 Å². The van der Waals surface area contributed by atoms with Gasteiger partial charge in [-0.15, -0.1) is 0 Å². The quantitative estimate of drug-likeness (QED) is 0.513. The Labute approximate surface area is 106 Å². The van der Waals surface area contributed by atoms with E-state index < -0.39 is 36.3 Å². The second-order valence-corrected chi connectivity index (χ2v) is 4.80. The fourth-order valence-corrected chi connectivity index (χ4v) is 2.69. The maximum atomic E-state index is 14.4. The molecule has 0 saturated carbocycles. The maximum absolute atomic E-state index is 14.4. The predicted molar refractivity (Wildman–Crippen MR) is 62.7 cm³/mol. The molecule has 0 fully saturated rings. The summed E-state index contributed by atoms with van der Waals surface area (Å²) >= 11 is 0. The molecule has 110 valence electrons. The third-order valence-electron chi connectivity index (χ3n) is 4.03. The van der Waals surface area contributed by atoms with Gasteiger partial charge >= 0.3 is 6.18 Å².